The highest BCUT2D eigenvalue weighted by Crippen LogP contribution is 2.24. The van der Waals surface area contributed by atoms with Crippen molar-refractivity contribution in [3.63, 3.8) is 0 Å². The van der Waals surface area contributed by atoms with Gasteiger partial charge in [-0.2, -0.15) is 0 Å². The van der Waals surface area contributed by atoms with E-state index in [9.17, 15) is 14.4 Å². The number of nitrogens with one attached hydrogen (secondary N) is 1. The molecule has 0 spiro atoms. The molecule has 0 unspecified atom stereocenters. The van der Waals surface area contributed by atoms with E-state index in [0.29, 0.717) is 54.5 Å². The minimum absolute atomic E-state index is 0.0796. The minimum Gasteiger partial charge on any atom is -0.496 e. The number of amides is 3. The van der Waals surface area contributed by atoms with Gasteiger partial charge in [0.05, 0.1) is 19.2 Å². The summed E-state index contributed by atoms with van der Waals surface area (Å²) in [5.74, 6) is -0.177. The van der Waals surface area contributed by atoms with Crippen LogP contribution in [0.1, 0.15) is 27.1 Å². The topological polar surface area (TPSA) is 79.0 Å². The van der Waals surface area contributed by atoms with Crippen LogP contribution < -0.4 is 10.1 Å². The number of ether oxygens (including phenoxy) is 1. The van der Waals surface area contributed by atoms with Crippen molar-refractivity contribution in [2.24, 2.45) is 0 Å². The fourth-order valence-corrected chi connectivity index (χ4v) is 3.52. The predicted octanol–water partition coefficient (Wildman–Crippen LogP) is 2.45. The first-order valence-electron chi connectivity index (χ1n) is 9.73. The lowest BCUT2D eigenvalue weighted by molar-refractivity contribution is -0.129. The maximum absolute atomic E-state index is 13.0. The Bertz CT molecular complexity index is 920. The molecule has 7 nitrogen and oxygen atoms in total. The second-order valence-electron chi connectivity index (χ2n) is 6.92. The van der Waals surface area contributed by atoms with Crippen molar-refractivity contribution >= 4 is 29.3 Å². The molecule has 1 heterocycles. The molecular weight excluding hydrogens is 406 g/mol. The molecular formula is C22H24ClN3O4. The van der Waals surface area contributed by atoms with Gasteiger partial charge < -0.3 is 19.9 Å². The SMILES string of the molecule is COc1ccc(Cl)cc1C(=O)N1CCCN(C(=O)CNC(=O)c2ccccc2)CC1. The van der Waals surface area contributed by atoms with Gasteiger partial charge in [-0.15, -0.1) is 0 Å². The molecule has 0 bridgehead atoms. The first-order chi connectivity index (χ1) is 14.5. The van der Waals surface area contributed by atoms with Gasteiger partial charge in [-0.05, 0) is 36.8 Å². The normalized spacial score (nSPS) is 14.1. The van der Waals surface area contributed by atoms with Crippen LogP contribution >= 0.6 is 11.6 Å². The predicted molar refractivity (Wildman–Crippen MR) is 114 cm³/mol. The molecule has 3 rings (SSSR count). The van der Waals surface area contributed by atoms with Crippen molar-refractivity contribution in [2.45, 2.75) is 6.42 Å². The number of methoxy groups -OCH3 is 1. The van der Waals surface area contributed by atoms with Crippen LogP contribution in [-0.4, -0.2) is 67.4 Å². The Hall–Kier alpha value is -3.06. The highest BCUT2D eigenvalue weighted by Gasteiger charge is 2.25. The first kappa shape index (κ1) is 21.6. The fourth-order valence-electron chi connectivity index (χ4n) is 3.35. The molecule has 1 aliphatic rings. The van der Waals surface area contributed by atoms with Gasteiger partial charge in [0.1, 0.15) is 5.75 Å². The average Bonchev–Trinajstić information content (AvgIpc) is 3.03. The molecule has 0 saturated carbocycles. The third-order valence-electron chi connectivity index (χ3n) is 4.96. The molecule has 1 aliphatic heterocycles. The van der Waals surface area contributed by atoms with Gasteiger partial charge in [-0.25, -0.2) is 0 Å². The van der Waals surface area contributed by atoms with E-state index in [4.69, 9.17) is 16.3 Å². The van der Waals surface area contributed by atoms with Crippen molar-refractivity contribution in [3.8, 4) is 5.75 Å². The standard InChI is InChI=1S/C22H24ClN3O4/c1-30-19-9-8-17(23)14-18(19)22(29)26-11-5-10-25(12-13-26)20(27)15-24-21(28)16-6-3-2-4-7-16/h2-4,6-9,14H,5,10-13,15H2,1H3,(H,24,28). The molecule has 158 valence electrons. The Kier molecular flexibility index (Phi) is 7.30. The Morgan fingerprint density at radius 1 is 1.00 bits per heavy atom. The maximum Gasteiger partial charge on any atom is 0.257 e. The summed E-state index contributed by atoms with van der Waals surface area (Å²) in [6.45, 7) is 1.76. The van der Waals surface area contributed by atoms with Gasteiger partial charge in [0.25, 0.3) is 11.8 Å². The summed E-state index contributed by atoms with van der Waals surface area (Å²) >= 11 is 6.04. The average molecular weight is 430 g/mol. The number of benzene rings is 2. The van der Waals surface area contributed by atoms with Crippen LogP contribution in [0.15, 0.2) is 48.5 Å². The van der Waals surface area contributed by atoms with Crippen molar-refractivity contribution in [3.05, 3.63) is 64.7 Å². The molecule has 1 fully saturated rings. The van der Waals surface area contributed by atoms with Crippen LogP contribution in [-0.2, 0) is 4.79 Å². The van der Waals surface area contributed by atoms with Crippen molar-refractivity contribution < 1.29 is 19.1 Å². The van der Waals surface area contributed by atoms with E-state index in [0.717, 1.165) is 0 Å². The van der Waals surface area contributed by atoms with Gasteiger partial charge in [0, 0.05) is 36.8 Å². The molecule has 0 aromatic heterocycles. The molecule has 30 heavy (non-hydrogen) atoms. The zero-order chi connectivity index (χ0) is 21.5. The zero-order valence-corrected chi connectivity index (χ0v) is 17.5. The number of hydrogen-bond donors (Lipinski definition) is 1. The lowest BCUT2D eigenvalue weighted by Gasteiger charge is -2.23. The largest absolute Gasteiger partial charge is 0.496 e. The van der Waals surface area contributed by atoms with E-state index in [2.05, 4.69) is 5.32 Å². The van der Waals surface area contributed by atoms with E-state index in [1.165, 1.54) is 7.11 Å². The second-order valence-corrected chi connectivity index (χ2v) is 7.36. The van der Waals surface area contributed by atoms with Crippen molar-refractivity contribution in [1.82, 2.24) is 15.1 Å². The molecule has 0 aliphatic carbocycles. The summed E-state index contributed by atoms with van der Waals surface area (Å²) in [5, 5.41) is 3.11. The third kappa shape index (κ3) is 5.30. The molecule has 2 aromatic rings. The van der Waals surface area contributed by atoms with Crippen molar-refractivity contribution in [1.29, 1.82) is 0 Å². The molecule has 0 atom stereocenters. The van der Waals surface area contributed by atoms with Crippen LogP contribution in [0, 0.1) is 0 Å². The molecule has 0 radical (unpaired) electrons. The summed E-state index contributed by atoms with van der Waals surface area (Å²) in [4.78, 5) is 41.0. The van der Waals surface area contributed by atoms with Crippen LogP contribution in [0.2, 0.25) is 5.02 Å². The van der Waals surface area contributed by atoms with Gasteiger partial charge >= 0.3 is 0 Å². The smallest absolute Gasteiger partial charge is 0.257 e. The summed E-state index contributed by atoms with van der Waals surface area (Å²) in [6.07, 6.45) is 0.646. The highest BCUT2D eigenvalue weighted by molar-refractivity contribution is 6.31. The lowest BCUT2D eigenvalue weighted by Crippen LogP contribution is -2.42. The molecule has 8 heteroatoms. The number of halogens is 1. The number of hydrogen-bond acceptors (Lipinski definition) is 4. The number of carbonyl (C=O) groups excluding carboxylic acids is 3. The van der Waals surface area contributed by atoms with Crippen molar-refractivity contribution in [2.75, 3.05) is 39.8 Å². The van der Waals surface area contributed by atoms with Gasteiger partial charge in [0.15, 0.2) is 0 Å². The van der Waals surface area contributed by atoms with Crippen LogP contribution in [0.4, 0.5) is 0 Å². The van der Waals surface area contributed by atoms with Gasteiger partial charge in [0.2, 0.25) is 5.91 Å². The highest BCUT2D eigenvalue weighted by atomic mass is 35.5. The Morgan fingerprint density at radius 2 is 1.70 bits per heavy atom. The molecule has 1 N–H and O–H groups in total. The monoisotopic (exact) mass is 429 g/mol. The fraction of sp³-hybridized carbons (Fsp3) is 0.318. The number of nitrogens with zero attached hydrogens (tertiary/aromatic N) is 2. The Morgan fingerprint density at radius 3 is 2.43 bits per heavy atom. The van der Waals surface area contributed by atoms with Crippen LogP contribution in [0.5, 0.6) is 5.75 Å². The second kappa shape index (κ2) is 10.1. The Labute approximate surface area is 180 Å². The molecule has 1 saturated heterocycles. The quantitative estimate of drug-likeness (QED) is 0.791. The van der Waals surface area contributed by atoms with Gasteiger partial charge in [-0.3, -0.25) is 14.4 Å². The molecule has 3 amide bonds. The van der Waals surface area contributed by atoms with E-state index in [1.807, 2.05) is 6.07 Å². The van der Waals surface area contributed by atoms with E-state index < -0.39 is 0 Å². The zero-order valence-electron chi connectivity index (χ0n) is 16.8. The number of rotatable bonds is 5. The van der Waals surface area contributed by atoms with Crippen LogP contribution in [0.25, 0.3) is 0 Å². The summed E-state index contributed by atoms with van der Waals surface area (Å²) < 4.78 is 5.28. The summed E-state index contributed by atoms with van der Waals surface area (Å²) in [7, 11) is 1.51. The Balaban J connectivity index is 1.57. The van der Waals surface area contributed by atoms with E-state index in [1.54, 1.807) is 52.3 Å². The van der Waals surface area contributed by atoms with Gasteiger partial charge in [-0.1, -0.05) is 29.8 Å². The van der Waals surface area contributed by atoms with E-state index in [-0.39, 0.29) is 24.3 Å². The summed E-state index contributed by atoms with van der Waals surface area (Å²) in [5.41, 5.74) is 0.910. The minimum atomic E-state index is -0.288. The number of carbonyl (C=O) groups is 3. The molecule has 2 aromatic carbocycles. The lowest BCUT2D eigenvalue weighted by atomic mass is 10.1. The van der Waals surface area contributed by atoms with E-state index >= 15 is 0 Å². The summed E-state index contributed by atoms with van der Waals surface area (Å²) in [6, 6.07) is 13.7. The third-order valence-corrected chi connectivity index (χ3v) is 5.20. The van der Waals surface area contributed by atoms with Crippen LogP contribution in [0.3, 0.4) is 0 Å². The maximum atomic E-state index is 13.0. The first-order valence-corrected chi connectivity index (χ1v) is 10.1.